The van der Waals surface area contributed by atoms with Crippen LogP contribution in [0.4, 0.5) is 0 Å². The molecule has 1 saturated heterocycles. The lowest BCUT2D eigenvalue weighted by molar-refractivity contribution is -0.139. The number of benzene rings is 1. The summed E-state index contributed by atoms with van der Waals surface area (Å²) in [5.74, 6) is 0.508. The van der Waals surface area contributed by atoms with Crippen molar-refractivity contribution in [3.8, 4) is 5.75 Å². The lowest BCUT2D eigenvalue weighted by Gasteiger charge is -2.36. The summed E-state index contributed by atoms with van der Waals surface area (Å²) in [6, 6.07) is 5.48. The largest absolute Gasteiger partial charge is 0.508 e. The number of carbonyl (C=O) groups excluding carboxylic acids is 1. The van der Waals surface area contributed by atoms with E-state index in [1.807, 2.05) is 11.0 Å². The van der Waals surface area contributed by atoms with Crippen LogP contribution in [0.5, 0.6) is 5.75 Å². The summed E-state index contributed by atoms with van der Waals surface area (Å²) < 4.78 is 0. The van der Waals surface area contributed by atoms with Gasteiger partial charge in [0.1, 0.15) is 5.75 Å². The number of aromatic hydroxyl groups is 1. The molecule has 0 aliphatic carbocycles. The summed E-state index contributed by atoms with van der Waals surface area (Å²) in [4.78, 5) is 14.8. The van der Waals surface area contributed by atoms with E-state index in [1.54, 1.807) is 12.1 Å². The van der Waals surface area contributed by atoms with Gasteiger partial charge >= 0.3 is 0 Å². The maximum atomic E-state index is 12.8. The number of rotatable bonds is 2. The molecule has 1 aromatic rings. The average Bonchev–Trinajstić information content (AvgIpc) is 2.95. The molecule has 1 aromatic carbocycles. The minimum atomic E-state index is -0.353. The molecule has 0 aromatic heterocycles. The predicted molar refractivity (Wildman–Crippen MR) is 84.7 cm³/mol. The van der Waals surface area contributed by atoms with Gasteiger partial charge in [-0.15, -0.1) is 12.4 Å². The fraction of sp³-hybridized carbons (Fsp3) is 0.562. The Labute approximate surface area is 131 Å². The molecule has 1 unspecified atom stereocenters. The van der Waals surface area contributed by atoms with E-state index in [2.05, 4.69) is 12.2 Å². The van der Waals surface area contributed by atoms with Crippen molar-refractivity contribution in [2.45, 2.75) is 44.7 Å². The molecule has 3 rings (SSSR count). The van der Waals surface area contributed by atoms with Gasteiger partial charge in [0.2, 0.25) is 5.91 Å². The highest BCUT2D eigenvalue weighted by Gasteiger charge is 2.42. The van der Waals surface area contributed by atoms with Gasteiger partial charge in [0.15, 0.2) is 0 Å². The van der Waals surface area contributed by atoms with E-state index in [0.29, 0.717) is 6.54 Å². The van der Waals surface area contributed by atoms with Crippen molar-refractivity contribution in [3.63, 3.8) is 0 Å². The first kappa shape index (κ1) is 16.1. The van der Waals surface area contributed by atoms with Crippen LogP contribution in [0.1, 0.15) is 37.3 Å². The van der Waals surface area contributed by atoms with E-state index in [9.17, 15) is 9.90 Å². The Hall–Kier alpha value is -1.26. The second-order valence-corrected chi connectivity index (χ2v) is 5.90. The Bertz CT molecular complexity index is 527. The molecule has 2 N–H and O–H groups in total. The van der Waals surface area contributed by atoms with E-state index < -0.39 is 0 Å². The van der Waals surface area contributed by atoms with Crippen molar-refractivity contribution in [2.75, 3.05) is 13.1 Å². The number of amides is 1. The van der Waals surface area contributed by atoms with Crippen LogP contribution < -0.4 is 5.32 Å². The third-order valence-corrected chi connectivity index (χ3v) is 4.75. The number of phenols is 1. The summed E-state index contributed by atoms with van der Waals surface area (Å²) in [5, 5.41) is 13.0. The molecule has 0 saturated carbocycles. The molecule has 0 spiro atoms. The van der Waals surface area contributed by atoms with Gasteiger partial charge in [0.25, 0.3) is 0 Å². The number of hydrogen-bond donors (Lipinski definition) is 2. The zero-order chi connectivity index (χ0) is 14.2. The normalized spacial score (nSPS) is 24.3. The lowest BCUT2D eigenvalue weighted by Crippen LogP contribution is -2.55. The summed E-state index contributed by atoms with van der Waals surface area (Å²) in [6.07, 6.45) is 3.73. The molecule has 1 fully saturated rings. The van der Waals surface area contributed by atoms with Crippen LogP contribution in [0, 0.1) is 0 Å². The highest BCUT2D eigenvalue weighted by molar-refractivity contribution is 5.87. The SMILES string of the molecule is CCC1(C(=O)N2CCc3ccc(O)cc3C2)CCCN1.Cl. The number of hydrogen-bond acceptors (Lipinski definition) is 3. The van der Waals surface area contributed by atoms with Gasteiger partial charge in [-0.3, -0.25) is 4.79 Å². The molecule has 2 aliphatic heterocycles. The summed E-state index contributed by atoms with van der Waals surface area (Å²) >= 11 is 0. The molecule has 2 heterocycles. The number of fused-ring (bicyclic) bond motifs is 1. The summed E-state index contributed by atoms with van der Waals surface area (Å²) in [6.45, 7) is 4.41. The minimum Gasteiger partial charge on any atom is -0.508 e. The third-order valence-electron chi connectivity index (χ3n) is 4.75. The molecule has 4 nitrogen and oxygen atoms in total. The van der Waals surface area contributed by atoms with Crippen LogP contribution in [0.25, 0.3) is 0 Å². The maximum absolute atomic E-state index is 12.8. The van der Waals surface area contributed by atoms with E-state index in [-0.39, 0.29) is 29.6 Å². The molecular weight excluding hydrogens is 288 g/mol. The highest BCUT2D eigenvalue weighted by atomic mass is 35.5. The zero-order valence-electron chi connectivity index (χ0n) is 12.4. The van der Waals surface area contributed by atoms with Crippen LogP contribution in [0.3, 0.4) is 0 Å². The van der Waals surface area contributed by atoms with Crippen molar-refractivity contribution in [3.05, 3.63) is 29.3 Å². The fourth-order valence-corrected chi connectivity index (χ4v) is 3.46. The first-order valence-electron chi connectivity index (χ1n) is 7.50. The van der Waals surface area contributed by atoms with Crippen LogP contribution >= 0.6 is 12.4 Å². The van der Waals surface area contributed by atoms with Gasteiger partial charge in [-0.05, 0) is 55.5 Å². The van der Waals surface area contributed by atoms with Gasteiger partial charge in [0.05, 0.1) is 5.54 Å². The Morgan fingerprint density at radius 1 is 1.43 bits per heavy atom. The second kappa shape index (κ2) is 6.24. The van der Waals surface area contributed by atoms with Crippen LogP contribution in [-0.2, 0) is 17.8 Å². The average molecular weight is 311 g/mol. The van der Waals surface area contributed by atoms with Gasteiger partial charge in [-0.2, -0.15) is 0 Å². The first-order chi connectivity index (χ1) is 9.64. The molecule has 1 amide bonds. The monoisotopic (exact) mass is 310 g/mol. The Morgan fingerprint density at radius 3 is 2.90 bits per heavy atom. The Kier molecular flexibility index (Phi) is 4.79. The molecular formula is C16H23ClN2O2. The van der Waals surface area contributed by atoms with Crippen LogP contribution in [-0.4, -0.2) is 34.5 Å². The maximum Gasteiger partial charge on any atom is 0.243 e. The quantitative estimate of drug-likeness (QED) is 0.881. The van der Waals surface area contributed by atoms with Crippen molar-refractivity contribution >= 4 is 18.3 Å². The van der Waals surface area contributed by atoms with E-state index in [4.69, 9.17) is 0 Å². The molecule has 0 radical (unpaired) electrons. The molecule has 116 valence electrons. The van der Waals surface area contributed by atoms with Crippen molar-refractivity contribution in [1.82, 2.24) is 10.2 Å². The summed E-state index contributed by atoms with van der Waals surface area (Å²) in [7, 11) is 0. The lowest BCUT2D eigenvalue weighted by atomic mass is 9.90. The smallest absolute Gasteiger partial charge is 0.243 e. The van der Waals surface area contributed by atoms with Crippen LogP contribution in [0.15, 0.2) is 18.2 Å². The van der Waals surface area contributed by atoms with Crippen molar-refractivity contribution < 1.29 is 9.90 Å². The minimum absolute atomic E-state index is 0. The van der Waals surface area contributed by atoms with Crippen molar-refractivity contribution in [2.24, 2.45) is 0 Å². The third kappa shape index (κ3) is 2.87. The topological polar surface area (TPSA) is 52.6 Å². The summed E-state index contributed by atoms with van der Waals surface area (Å²) in [5.41, 5.74) is 1.97. The standard InChI is InChI=1S/C16H22N2O2.ClH/c1-2-16(7-3-8-17-16)15(20)18-9-6-12-4-5-14(19)10-13(12)11-18;/h4-5,10,17,19H,2-3,6-9,11H2,1H3;1H. The number of halogens is 1. The van der Waals surface area contributed by atoms with E-state index >= 15 is 0 Å². The number of nitrogens with one attached hydrogen (secondary N) is 1. The molecule has 5 heteroatoms. The number of carbonyl (C=O) groups is 1. The number of phenolic OH excluding ortho intramolecular Hbond substituents is 1. The molecule has 2 aliphatic rings. The van der Waals surface area contributed by atoms with E-state index in [0.717, 1.165) is 44.3 Å². The van der Waals surface area contributed by atoms with Crippen molar-refractivity contribution in [1.29, 1.82) is 0 Å². The molecule has 21 heavy (non-hydrogen) atoms. The predicted octanol–water partition coefficient (Wildman–Crippen LogP) is 2.23. The molecule has 1 atom stereocenters. The highest BCUT2D eigenvalue weighted by Crippen LogP contribution is 2.29. The fourth-order valence-electron chi connectivity index (χ4n) is 3.46. The zero-order valence-corrected chi connectivity index (χ0v) is 13.2. The number of nitrogens with zero attached hydrogens (tertiary/aromatic N) is 1. The van der Waals surface area contributed by atoms with Gasteiger partial charge < -0.3 is 15.3 Å². The Morgan fingerprint density at radius 2 is 2.24 bits per heavy atom. The Balaban J connectivity index is 0.00000161. The van der Waals surface area contributed by atoms with E-state index in [1.165, 1.54) is 5.56 Å². The van der Waals surface area contributed by atoms with Crippen LogP contribution in [0.2, 0.25) is 0 Å². The van der Waals surface area contributed by atoms with Gasteiger partial charge in [-0.1, -0.05) is 13.0 Å². The second-order valence-electron chi connectivity index (χ2n) is 5.90. The van der Waals surface area contributed by atoms with Gasteiger partial charge in [0, 0.05) is 13.1 Å². The van der Waals surface area contributed by atoms with Gasteiger partial charge in [-0.25, -0.2) is 0 Å². The molecule has 0 bridgehead atoms. The first-order valence-corrected chi connectivity index (χ1v) is 7.50.